The molecule has 0 spiro atoms. The number of methoxy groups -OCH3 is 1. The number of aromatic nitrogens is 2. The largest absolute Gasteiger partial charge is 0.496 e. The zero-order chi connectivity index (χ0) is 33.4. The van der Waals surface area contributed by atoms with Crippen LogP contribution < -0.4 is 20.7 Å². The highest BCUT2D eigenvalue weighted by Crippen LogP contribution is 2.26. The van der Waals surface area contributed by atoms with Gasteiger partial charge in [0, 0.05) is 40.7 Å². The van der Waals surface area contributed by atoms with Crippen LogP contribution in [0, 0.1) is 5.92 Å². The second-order valence-electron chi connectivity index (χ2n) is 12.6. The molecule has 1 aromatic carbocycles. The number of amides is 3. The Kier molecular flexibility index (Phi) is 11.2. The predicted molar refractivity (Wildman–Crippen MR) is 172 cm³/mol. The average Bonchev–Trinajstić information content (AvgIpc) is 3.48. The third kappa shape index (κ3) is 8.49. The number of fused-ring (bicyclic) bond motifs is 1. The van der Waals surface area contributed by atoms with Crippen molar-refractivity contribution in [2.75, 3.05) is 20.3 Å². The van der Waals surface area contributed by atoms with Gasteiger partial charge in [-0.2, -0.15) is 0 Å². The zero-order valence-electron chi connectivity index (χ0n) is 27.0. The molecule has 0 radical (unpaired) electrons. The molecule has 4 N–H and O–H groups in total. The van der Waals surface area contributed by atoms with E-state index in [4.69, 9.17) is 9.47 Å². The molecule has 1 saturated heterocycles. The minimum absolute atomic E-state index is 0.0321. The van der Waals surface area contributed by atoms with Gasteiger partial charge in [0.15, 0.2) is 12.4 Å². The Morgan fingerprint density at radius 1 is 1.09 bits per heavy atom. The fourth-order valence-electron chi connectivity index (χ4n) is 5.39. The highest BCUT2D eigenvalue weighted by molar-refractivity contribution is 6.02. The predicted octanol–water partition coefficient (Wildman–Crippen LogP) is 3.59. The molecule has 3 heterocycles. The topological polar surface area (TPSA) is 169 Å². The van der Waals surface area contributed by atoms with Gasteiger partial charge in [0.1, 0.15) is 17.5 Å². The lowest BCUT2D eigenvalue weighted by Crippen LogP contribution is -2.53. The molecular formula is C34H43N5O7. The normalized spacial score (nSPS) is 16.2. The van der Waals surface area contributed by atoms with Gasteiger partial charge in [-0.25, -0.2) is 4.79 Å². The van der Waals surface area contributed by atoms with Crippen molar-refractivity contribution in [1.29, 1.82) is 0 Å². The molecule has 1 aliphatic heterocycles. The van der Waals surface area contributed by atoms with Gasteiger partial charge >= 0.3 is 5.97 Å². The number of benzene rings is 1. The fourth-order valence-corrected chi connectivity index (χ4v) is 5.39. The number of esters is 1. The van der Waals surface area contributed by atoms with Crippen LogP contribution in [0.25, 0.3) is 10.9 Å². The Balaban J connectivity index is 1.46. The summed E-state index contributed by atoms with van der Waals surface area (Å²) in [7, 11) is 1.54. The Morgan fingerprint density at radius 3 is 2.52 bits per heavy atom. The number of hydrogen-bond acceptors (Lipinski definition) is 8. The summed E-state index contributed by atoms with van der Waals surface area (Å²) < 4.78 is 10.7. The molecule has 0 unspecified atom stereocenters. The van der Waals surface area contributed by atoms with Gasteiger partial charge in [0.2, 0.25) is 11.8 Å². The zero-order valence-corrected chi connectivity index (χ0v) is 27.0. The summed E-state index contributed by atoms with van der Waals surface area (Å²) in [5.74, 6) is -2.48. The van der Waals surface area contributed by atoms with E-state index in [-0.39, 0.29) is 29.0 Å². The number of carbonyl (C=O) groups excluding carboxylic acids is 5. The SMILES string of the molecule is CCC[C@H](NC(=O)c1cc2c(OC)cccc2[nH]1)C(=O)N[C@@H](C[C@@H]1CCCNC1=O)C(=O)COC(=O)c1ccc(C(C)(C)C)nc1. The van der Waals surface area contributed by atoms with E-state index in [2.05, 4.69) is 25.9 Å². The number of nitrogens with zero attached hydrogens (tertiary/aromatic N) is 1. The molecule has 246 valence electrons. The minimum atomic E-state index is -1.12. The van der Waals surface area contributed by atoms with Crippen LogP contribution >= 0.6 is 0 Å². The van der Waals surface area contributed by atoms with Crippen molar-refractivity contribution < 1.29 is 33.4 Å². The van der Waals surface area contributed by atoms with E-state index in [9.17, 15) is 24.0 Å². The first-order valence-electron chi connectivity index (χ1n) is 15.6. The van der Waals surface area contributed by atoms with Gasteiger partial charge in [-0.15, -0.1) is 0 Å². The lowest BCUT2D eigenvalue weighted by atomic mass is 9.90. The molecule has 1 fully saturated rings. The molecule has 3 atom stereocenters. The van der Waals surface area contributed by atoms with E-state index < -0.39 is 48.2 Å². The maximum atomic E-state index is 13.6. The molecule has 1 aliphatic rings. The van der Waals surface area contributed by atoms with Crippen LogP contribution in [0.2, 0.25) is 0 Å². The number of aromatic amines is 1. The number of piperidine rings is 1. The molecule has 4 rings (SSSR count). The summed E-state index contributed by atoms with van der Waals surface area (Å²) in [5.41, 5.74) is 1.73. The Labute approximate surface area is 268 Å². The van der Waals surface area contributed by atoms with Crippen LogP contribution in [0.15, 0.2) is 42.6 Å². The molecule has 12 heteroatoms. The number of nitrogens with one attached hydrogen (secondary N) is 4. The van der Waals surface area contributed by atoms with Crippen molar-refractivity contribution in [3.05, 3.63) is 59.5 Å². The lowest BCUT2D eigenvalue weighted by molar-refractivity contribution is -0.132. The van der Waals surface area contributed by atoms with Crippen molar-refractivity contribution >= 4 is 40.4 Å². The van der Waals surface area contributed by atoms with Crippen LogP contribution in [0.4, 0.5) is 0 Å². The van der Waals surface area contributed by atoms with Crippen LogP contribution in [0.3, 0.4) is 0 Å². The summed E-state index contributed by atoms with van der Waals surface area (Å²) >= 11 is 0. The van der Waals surface area contributed by atoms with Gasteiger partial charge in [-0.3, -0.25) is 24.2 Å². The van der Waals surface area contributed by atoms with E-state index in [1.165, 1.54) is 6.20 Å². The Morgan fingerprint density at radius 2 is 1.87 bits per heavy atom. The van der Waals surface area contributed by atoms with Crippen molar-refractivity contribution in [2.24, 2.45) is 5.92 Å². The van der Waals surface area contributed by atoms with Crippen molar-refractivity contribution in [2.45, 2.75) is 77.3 Å². The molecule has 3 aromatic rings. The smallest absolute Gasteiger partial charge is 0.340 e. The first kappa shape index (κ1) is 34.1. The minimum Gasteiger partial charge on any atom is -0.496 e. The van der Waals surface area contributed by atoms with Gasteiger partial charge in [-0.05, 0) is 56.0 Å². The number of pyridine rings is 1. The highest BCUT2D eigenvalue weighted by Gasteiger charge is 2.33. The van der Waals surface area contributed by atoms with Crippen LogP contribution in [-0.4, -0.2) is 71.8 Å². The van der Waals surface area contributed by atoms with Crippen LogP contribution in [0.1, 0.15) is 86.3 Å². The number of carbonyl (C=O) groups is 5. The summed E-state index contributed by atoms with van der Waals surface area (Å²) in [6.07, 6.45) is 3.60. The molecule has 12 nitrogen and oxygen atoms in total. The van der Waals surface area contributed by atoms with E-state index >= 15 is 0 Å². The quantitative estimate of drug-likeness (QED) is 0.207. The van der Waals surface area contributed by atoms with Crippen LogP contribution in [0.5, 0.6) is 5.75 Å². The van der Waals surface area contributed by atoms with E-state index in [1.54, 1.807) is 37.4 Å². The van der Waals surface area contributed by atoms with Gasteiger partial charge in [-0.1, -0.05) is 40.2 Å². The number of Topliss-reactive ketones (excluding diaryl/α,β-unsaturated/α-hetero) is 1. The average molecular weight is 634 g/mol. The van der Waals surface area contributed by atoms with Crippen molar-refractivity contribution in [3.8, 4) is 5.75 Å². The van der Waals surface area contributed by atoms with Gasteiger partial charge < -0.3 is 30.4 Å². The lowest BCUT2D eigenvalue weighted by Gasteiger charge is -2.27. The first-order valence-corrected chi connectivity index (χ1v) is 15.6. The molecule has 3 amide bonds. The molecule has 0 bridgehead atoms. The van der Waals surface area contributed by atoms with Crippen molar-refractivity contribution in [3.63, 3.8) is 0 Å². The third-order valence-corrected chi connectivity index (χ3v) is 8.03. The summed E-state index contributed by atoms with van der Waals surface area (Å²) in [6.45, 7) is 7.82. The number of ether oxygens (including phenoxy) is 2. The molecule has 2 aromatic heterocycles. The van der Waals surface area contributed by atoms with Gasteiger partial charge in [0.25, 0.3) is 5.91 Å². The van der Waals surface area contributed by atoms with E-state index in [0.29, 0.717) is 37.1 Å². The maximum Gasteiger partial charge on any atom is 0.340 e. The summed E-state index contributed by atoms with van der Waals surface area (Å²) in [4.78, 5) is 72.9. The summed E-state index contributed by atoms with van der Waals surface area (Å²) in [6, 6.07) is 8.29. The second kappa shape index (κ2) is 15.0. The number of rotatable bonds is 13. The maximum absolute atomic E-state index is 13.6. The van der Waals surface area contributed by atoms with Crippen molar-refractivity contribution in [1.82, 2.24) is 25.9 Å². The molecule has 0 saturated carbocycles. The third-order valence-electron chi connectivity index (χ3n) is 8.03. The summed E-state index contributed by atoms with van der Waals surface area (Å²) in [5, 5.41) is 9.03. The Bertz CT molecular complexity index is 1570. The standard InChI is InChI=1S/C34H43N5O7/c1-6-9-24(38-32(43)26-17-22-23(37-26)11-7-12-28(22)45-5)31(42)39-25(16-20-10-8-15-35-30(20)41)27(40)19-46-33(44)21-13-14-29(36-18-21)34(2,3)4/h7,11-14,17-18,20,24-25,37H,6,8-10,15-16,19H2,1-5H3,(H,35,41)(H,38,43)(H,39,42)/t20-,24-,25-/m0/s1. The van der Waals surface area contributed by atoms with E-state index in [0.717, 1.165) is 17.5 Å². The van der Waals surface area contributed by atoms with E-state index in [1.807, 2.05) is 33.8 Å². The number of H-pyrrole nitrogens is 1. The van der Waals surface area contributed by atoms with Crippen LogP contribution in [-0.2, 0) is 24.5 Å². The molecule has 0 aliphatic carbocycles. The monoisotopic (exact) mass is 633 g/mol. The van der Waals surface area contributed by atoms with Gasteiger partial charge in [0.05, 0.1) is 18.7 Å². The number of hydrogen-bond donors (Lipinski definition) is 4. The second-order valence-corrected chi connectivity index (χ2v) is 12.6. The Hall–Kier alpha value is -4.74. The fraction of sp³-hybridized carbons (Fsp3) is 0.471. The highest BCUT2D eigenvalue weighted by atomic mass is 16.5. The molecule has 46 heavy (non-hydrogen) atoms. The molecular weight excluding hydrogens is 590 g/mol. The first-order chi connectivity index (χ1) is 21.9. The number of ketones is 1.